The molecule has 104 valence electrons. The number of nitrogens with zero attached hydrogens (tertiary/aromatic N) is 2. The van der Waals surface area contributed by atoms with Gasteiger partial charge in [0.15, 0.2) is 0 Å². The van der Waals surface area contributed by atoms with E-state index in [-0.39, 0.29) is 5.56 Å². The molecule has 2 rings (SSSR count). The molecule has 1 saturated heterocycles. The van der Waals surface area contributed by atoms with Crippen molar-refractivity contribution in [1.29, 1.82) is 0 Å². The number of anilines is 1. The number of piperidine rings is 1. The van der Waals surface area contributed by atoms with Gasteiger partial charge >= 0.3 is 5.97 Å². The summed E-state index contributed by atoms with van der Waals surface area (Å²) in [5, 5.41) is 8.81. The highest BCUT2D eigenvalue weighted by atomic mass is 19.1. The van der Waals surface area contributed by atoms with E-state index in [0.717, 1.165) is 31.6 Å². The van der Waals surface area contributed by atoms with Crippen LogP contribution in [0.4, 0.5) is 10.1 Å². The van der Waals surface area contributed by atoms with Crippen LogP contribution in [0.15, 0.2) is 18.2 Å². The van der Waals surface area contributed by atoms with Crippen molar-refractivity contribution in [2.75, 3.05) is 32.1 Å². The zero-order valence-corrected chi connectivity index (χ0v) is 11.3. The van der Waals surface area contributed by atoms with Crippen molar-refractivity contribution in [2.24, 2.45) is 0 Å². The summed E-state index contributed by atoms with van der Waals surface area (Å²) in [6.45, 7) is 2.06. The van der Waals surface area contributed by atoms with Gasteiger partial charge in [0.25, 0.3) is 0 Å². The van der Waals surface area contributed by atoms with Crippen LogP contribution in [-0.4, -0.2) is 49.2 Å². The van der Waals surface area contributed by atoms with E-state index >= 15 is 0 Å². The Labute approximate surface area is 112 Å². The van der Waals surface area contributed by atoms with E-state index < -0.39 is 11.8 Å². The fourth-order valence-electron chi connectivity index (χ4n) is 2.49. The van der Waals surface area contributed by atoms with Crippen molar-refractivity contribution in [3.63, 3.8) is 0 Å². The zero-order chi connectivity index (χ0) is 14.0. The highest BCUT2D eigenvalue weighted by Crippen LogP contribution is 2.23. The van der Waals surface area contributed by atoms with Gasteiger partial charge in [-0.25, -0.2) is 9.18 Å². The van der Waals surface area contributed by atoms with Crippen LogP contribution in [0.5, 0.6) is 0 Å². The number of benzene rings is 1. The predicted octanol–water partition coefficient (Wildman–Crippen LogP) is 2.05. The van der Waals surface area contributed by atoms with Crippen LogP contribution >= 0.6 is 0 Å². The molecule has 0 bridgehead atoms. The molecule has 0 unspecified atom stereocenters. The van der Waals surface area contributed by atoms with Gasteiger partial charge in [0.2, 0.25) is 0 Å². The quantitative estimate of drug-likeness (QED) is 0.909. The third-order valence-electron chi connectivity index (χ3n) is 3.83. The lowest BCUT2D eigenvalue weighted by Gasteiger charge is -2.36. The normalized spacial score (nSPS) is 17.4. The molecule has 1 aliphatic rings. The Morgan fingerprint density at radius 3 is 2.58 bits per heavy atom. The van der Waals surface area contributed by atoms with Gasteiger partial charge in [-0.2, -0.15) is 0 Å². The molecule has 0 aliphatic carbocycles. The van der Waals surface area contributed by atoms with Crippen LogP contribution in [0.2, 0.25) is 0 Å². The predicted molar refractivity (Wildman–Crippen MR) is 72.3 cm³/mol. The van der Waals surface area contributed by atoms with E-state index in [2.05, 4.69) is 11.9 Å². The van der Waals surface area contributed by atoms with Crippen molar-refractivity contribution < 1.29 is 14.3 Å². The zero-order valence-electron chi connectivity index (χ0n) is 11.3. The molecule has 19 heavy (non-hydrogen) atoms. The average molecular weight is 266 g/mol. The van der Waals surface area contributed by atoms with Gasteiger partial charge in [-0.15, -0.1) is 0 Å². The van der Waals surface area contributed by atoms with Crippen molar-refractivity contribution in [2.45, 2.75) is 18.9 Å². The average Bonchev–Trinajstić information content (AvgIpc) is 2.38. The van der Waals surface area contributed by atoms with Crippen molar-refractivity contribution in [1.82, 2.24) is 4.90 Å². The molecule has 1 N–H and O–H groups in total. The number of carboxylic acids is 1. The van der Waals surface area contributed by atoms with Crippen LogP contribution in [0.3, 0.4) is 0 Å². The fourth-order valence-corrected chi connectivity index (χ4v) is 2.49. The number of carboxylic acid groups (broad SMARTS) is 1. The molecule has 4 nitrogen and oxygen atoms in total. The van der Waals surface area contributed by atoms with Crippen LogP contribution < -0.4 is 4.90 Å². The number of aromatic carboxylic acids is 1. The van der Waals surface area contributed by atoms with E-state index in [1.165, 1.54) is 12.1 Å². The molecule has 0 atom stereocenters. The summed E-state index contributed by atoms with van der Waals surface area (Å²) in [5.41, 5.74) is 0.456. The van der Waals surface area contributed by atoms with Crippen molar-refractivity contribution in [3.05, 3.63) is 29.6 Å². The monoisotopic (exact) mass is 266 g/mol. The molecule has 0 aromatic heterocycles. The van der Waals surface area contributed by atoms with Gasteiger partial charge in [0, 0.05) is 18.8 Å². The minimum atomic E-state index is -1.23. The van der Waals surface area contributed by atoms with E-state index in [4.69, 9.17) is 5.11 Å². The first kappa shape index (κ1) is 13.8. The summed E-state index contributed by atoms with van der Waals surface area (Å²) in [6.07, 6.45) is 2.07. The number of carbonyl (C=O) groups is 1. The minimum Gasteiger partial charge on any atom is -0.478 e. The second-order valence-electron chi connectivity index (χ2n) is 5.11. The Kier molecular flexibility index (Phi) is 4.04. The van der Waals surface area contributed by atoms with Gasteiger partial charge in [-0.3, -0.25) is 0 Å². The van der Waals surface area contributed by atoms with Crippen LogP contribution in [0.1, 0.15) is 23.2 Å². The first-order valence-corrected chi connectivity index (χ1v) is 6.43. The largest absolute Gasteiger partial charge is 0.478 e. The molecule has 1 aromatic carbocycles. The molecule has 0 saturated carbocycles. The van der Waals surface area contributed by atoms with E-state index in [1.807, 2.05) is 11.9 Å². The Balaban J connectivity index is 2.13. The fraction of sp³-hybridized carbons (Fsp3) is 0.500. The Morgan fingerprint density at radius 1 is 1.42 bits per heavy atom. The standard InChI is InChI=1S/C14H19FN2O2/c1-16-7-5-10(6-8-16)17(2)11-3-4-12(14(18)19)13(15)9-11/h3-4,9-10H,5-8H2,1-2H3,(H,18,19). The van der Waals surface area contributed by atoms with Gasteiger partial charge in [0.1, 0.15) is 5.82 Å². The summed E-state index contributed by atoms with van der Waals surface area (Å²) in [4.78, 5) is 15.1. The van der Waals surface area contributed by atoms with E-state index in [0.29, 0.717) is 6.04 Å². The molecule has 0 amide bonds. The Hall–Kier alpha value is -1.62. The van der Waals surface area contributed by atoms with Crippen LogP contribution in [0.25, 0.3) is 0 Å². The summed E-state index contributed by atoms with van der Waals surface area (Å²) in [7, 11) is 4.03. The third-order valence-corrected chi connectivity index (χ3v) is 3.83. The molecule has 0 radical (unpaired) electrons. The van der Waals surface area contributed by atoms with Gasteiger partial charge in [-0.05, 0) is 51.2 Å². The molecule has 1 fully saturated rings. The molecular formula is C14H19FN2O2. The second-order valence-corrected chi connectivity index (χ2v) is 5.11. The first-order valence-electron chi connectivity index (χ1n) is 6.43. The smallest absolute Gasteiger partial charge is 0.338 e. The molecule has 1 aliphatic heterocycles. The third kappa shape index (κ3) is 3.04. The SMILES string of the molecule is CN1CCC(N(C)c2ccc(C(=O)O)c(F)c2)CC1. The first-order chi connectivity index (χ1) is 8.99. The minimum absolute atomic E-state index is 0.277. The van der Waals surface area contributed by atoms with Crippen LogP contribution in [0, 0.1) is 5.82 Å². The number of halogens is 1. The lowest BCUT2D eigenvalue weighted by atomic mass is 10.0. The number of hydrogen-bond donors (Lipinski definition) is 1. The highest BCUT2D eigenvalue weighted by molar-refractivity contribution is 5.88. The number of rotatable bonds is 3. The molecule has 5 heteroatoms. The second kappa shape index (κ2) is 5.57. The Morgan fingerprint density at radius 2 is 2.05 bits per heavy atom. The number of likely N-dealkylation sites (tertiary alicyclic amines) is 1. The molecule has 1 aromatic rings. The molecule has 0 spiro atoms. The van der Waals surface area contributed by atoms with Crippen molar-refractivity contribution >= 4 is 11.7 Å². The van der Waals surface area contributed by atoms with E-state index in [1.54, 1.807) is 6.07 Å². The van der Waals surface area contributed by atoms with Crippen molar-refractivity contribution in [3.8, 4) is 0 Å². The topological polar surface area (TPSA) is 43.8 Å². The summed E-state index contributed by atoms with van der Waals surface area (Å²) in [6, 6.07) is 4.69. The summed E-state index contributed by atoms with van der Waals surface area (Å²) in [5.74, 6) is -1.91. The molecular weight excluding hydrogens is 247 g/mol. The maximum absolute atomic E-state index is 13.7. The highest BCUT2D eigenvalue weighted by Gasteiger charge is 2.21. The summed E-state index contributed by atoms with van der Waals surface area (Å²) < 4.78 is 13.7. The molecule has 1 heterocycles. The lowest BCUT2D eigenvalue weighted by Crippen LogP contribution is -2.42. The Bertz CT molecular complexity index is 471. The van der Waals surface area contributed by atoms with Gasteiger partial charge in [-0.1, -0.05) is 0 Å². The van der Waals surface area contributed by atoms with Gasteiger partial charge < -0.3 is 14.9 Å². The van der Waals surface area contributed by atoms with E-state index in [9.17, 15) is 9.18 Å². The van der Waals surface area contributed by atoms with Crippen LogP contribution in [-0.2, 0) is 0 Å². The number of hydrogen-bond acceptors (Lipinski definition) is 3. The maximum Gasteiger partial charge on any atom is 0.338 e. The van der Waals surface area contributed by atoms with Gasteiger partial charge in [0.05, 0.1) is 5.56 Å². The lowest BCUT2D eigenvalue weighted by molar-refractivity contribution is 0.0692. The maximum atomic E-state index is 13.7. The summed E-state index contributed by atoms with van der Waals surface area (Å²) >= 11 is 0.